The van der Waals surface area contributed by atoms with E-state index in [2.05, 4.69) is 5.32 Å². The number of hydrogen-bond acceptors (Lipinski definition) is 3. The molecular weight excluding hydrogens is 296 g/mol. The Balaban J connectivity index is 1.67. The standard InChI is InChI=1S/C14H17ClN2O4/c15-11-2-1-3-12(8-11)21-7-5-16-14(20)17-6-4-10(9-17)13(18)19/h1-3,8,10H,4-7,9H2,(H,16,20)(H,18,19). The number of aliphatic carboxylic acids is 1. The largest absolute Gasteiger partial charge is 0.492 e. The summed E-state index contributed by atoms with van der Waals surface area (Å²) in [5, 5.41) is 12.2. The van der Waals surface area contributed by atoms with Crippen LogP contribution in [0, 0.1) is 5.92 Å². The van der Waals surface area contributed by atoms with Crippen LogP contribution in [0.1, 0.15) is 6.42 Å². The Hall–Kier alpha value is -1.95. The van der Waals surface area contributed by atoms with E-state index in [-0.39, 0.29) is 12.6 Å². The first-order chi connectivity index (χ1) is 10.1. The molecule has 2 N–H and O–H groups in total. The molecule has 0 saturated carbocycles. The van der Waals surface area contributed by atoms with Crippen molar-refractivity contribution < 1.29 is 19.4 Å². The maximum absolute atomic E-state index is 11.8. The number of nitrogens with one attached hydrogen (secondary N) is 1. The Morgan fingerprint density at radius 3 is 2.95 bits per heavy atom. The van der Waals surface area contributed by atoms with Crippen LogP contribution in [-0.4, -0.2) is 48.2 Å². The molecular formula is C14H17ClN2O4. The predicted molar refractivity (Wildman–Crippen MR) is 77.7 cm³/mol. The lowest BCUT2D eigenvalue weighted by Gasteiger charge is -2.16. The molecule has 1 saturated heterocycles. The van der Waals surface area contributed by atoms with E-state index in [4.69, 9.17) is 21.4 Å². The molecule has 0 bridgehead atoms. The molecule has 1 unspecified atom stereocenters. The molecule has 1 aromatic rings. The summed E-state index contributed by atoms with van der Waals surface area (Å²) in [4.78, 5) is 24.2. The number of nitrogens with zero attached hydrogens (tertiary/aromatic N) is 1. The second kappa shape index (κ2) is 7.17. The quantitative estimate of drug-likeness (QED) is 0.813. The van der Waals surface area contributed by atoms with Gasteiger partial charge in [-0.15, -0.1) is 0 Å². The highest BCUT2D eigenvalue weighted by atomic mass is 35.5. The van der Waals surface area contributed by atoms with Crippen molar-refractivity contribution >= 4 is 23.6 Å². The van der Waals surface area contributed by atoms with Crippen LogP contribution in [0.15, 0.2) is 24.3 Å². The van der Waals surface area contributed by atoms with Gasteiger partial charge < -0.3 is 20.1 Å². The van der Waals surface area contributed by atoms with Crippen LogP contribution < -0.4 is 10.1 Å². The highest BCUT2D eigenvalue weighted by Gasteiger charge is 2.30. The van der Waals surface area contributed by atoms with Gasteiger partial charge in [-0.1, -0.05) is 17.7 Å². The summed E-state index contributed by atoms with van der Waals surface area (Å²) in [6, 6.07) is 6.76. The van der Waals surface area contributed by atoms with E-state index in [0.717, 1.165) is 0 Å². The lowest BCUT2D eigenvalue weighted by atomic mass is 10.1. The van der Waals surface area contributed by atoms with E-state index >= 15 is 0 Å². The Bertz CT molecular complexity index is 523. The van der Waals surface area contributed by atoms with Crippen LogP contribution >= 0.6 is 11.6 Å². The summed E-state index contributed by atoms with van der Waals surface area (Å²) >= 11 is 5.83. The molecule has 1 atom stereocenters. The minimum atomic E-state index is -0.852. The number of carbonyl (C=O) groups excluding carboxylic acids is 1. The highest BCUT2D eigenvalue weighted by molar-refractivity contribution is 6.30. The van der Waals surface area contributed by atoms with Gasteiger partial charge in [0.25, 0.3) is 0 Å². The Morgan fingerprint density at radius 1 is 1.48 bits per heavy atom. The number of benzene rings is 1. The average molecular weight is 313 g/mol. The van der Waals surface area contributed by atoms with Crippen LogP contribution in [0.25, 0.3) is 0 Å². The maximum atomic E-state index is 11.8. The molecule has 0 radical (unpaired) electrons. The van der Waals surface area contributed by atoms with Gasteiger partial charge in [-0.05, 0) is 24.6 Å². The Labute approximate surface area is 127 Å². The van der Waals surface area contributed by atoms with Gasteiger partial charge in [-0.25, -0.2) is 4.79 Å². The number of hydrogen-bond donors (Lipinski definition) is 2. The number of ether oxygens (including phenoxy) is 1. The molecule has 0 aliphatic carbocycles. The topological polar surface area (TPSA) is 78.9 Å². The summed E-state index contributed by atoms with van der Waals surface area (Å²) in [6.07, 6.45) is 0.502. The molecule has 21 heavy (non-hydrogen) atoms. The summed E-state index contributed by atoms with van der Waals surface area (Å²) in [5.74, 6) is -0.670. The molecule has 7 heteroatoms. The molecule has 2 amide bonds. The van der Waals surface area contributed by atoms with Crippen molar-refractivity contribution in [1.29, 1.82) is 0 Å². The minimum Gasteiger partial charge on any atom is -0.492 e. The van der Waals surface area contributed by atoms with Crippen LogP contribution in [-0.2, 0) is 4.79 Å². The zero-order chi connectivity index (χ0) is 15.2. The third-order valence-corrected chi connectivity index (χ3v) is 3.50. The molecule has 1 heterocycles. The number of carboxylic acid groups (broad SMARTS) is 1. The van der Waals surface area contributed by atoms with Crippen molar-refractivity contribution in [3.8, 4) is 5.75 Å². The monoisotopic (exact) mass is 312 g/mol. The van der Waals surface area contributed by atoms with Crippen molar-refractivity contribution in [2.45, 2.75) is 6.42 Å². The number of likely N-dealkylation sites (tertiary alicyclic amines) is 1. The normalized spacial score (nSPS) is 17.6. The lowest BCUT2D eigenvalue weighted by Crippen LogP contribution is -2.40. The van der Waals surface area contributed by atoms with Gasteiger partial charge in [0.1, 0.15) is 12.4 Å². The molecule has 0 spiro atoms. The fraction of sp³-hybridized carbons (Fsp3) is 0.429. The first-order valence-corrected chi connectivity index (χ1v) is 7.08. The summed E-state index contributed by atoms with van der Waals surface area (Å²) in [7, 11) is 0. The summed E-state index contributed by atoms with van der Waals surface area (Å²) in [6.45, 7) is 1.40. The number of urea groups is 1. The lowest BCUT2D eigenvalue weighted by molar-refractivity contribution is -0.141. The van der Waals surface area contributed by atoms with Gasteiger partial charge in [0.15, 0.2) is 0 Å². The number of carboxylic acids is 1. The fourth-order valence-corrected chi connectivity index (χ4v) is 2.32. The Kier molecular flexibility index (Phi) is 5.27. The third kappa shape index (κ3) is 4.53. The highest BCUT2D eigenvalue weighted by Crippen LogP contribution is 2.17. The van der Waals surface area contributed by atoms with Crippen molar-refractivity contribution in [1.82, 2.24) is 10.2 Å². The molecule has 1 fully saturated rings. The fourth-order valence-electron chi connectivity index (χ4n) is 2.14. The van der Waals surface area contributed by atoms with Crippen molar-refractivity contribution in [2.75, 3.05) is 26.2 Å². The second-order valence-electron chi connectivity index (χ2n) is 4.81. The van der Waals surface area contributed by atoms with Gasteiger partial charge in [0.05, 0.1) is 12.5 Å². The van der Waals surface area contributed by atoms with E-state index < -0.39 is 11.9 Å². The first-order valence-electron chi connectivity index (χ1n) is 6.70. The smallest absolute Gasteiger partial charge is 0.317 e. The van der Waals surface area contributed by atoms with Crippen molar-refractivity contribution in [2.24, 2.45) is 5.92 Å². The number of halogens is 1. The van der Waals surface area contributed by atoms with E-state index in [1.54, 1.807) is 24.3 Å². The van der Waals surface area contributed by atoms with Crippen LogP contribution in [0.5, 0.6) is 5.75 Å². The first kappa shape index (κ1) is 15.4. The SMILES string of the molecule is O=C(O)C1CCN(C(=O)NCCOc2cccc(Cl)c2)C1. The Morgan fingerprint density at radius 2 is 2.29 bits per heavy atom. The van der Waals surface area contributed by atoms with Crippen molar-refractivity contribution in [3.05, 3.63) is 29.3 Å². The van der Waals surface area contributed by atoms with Gasteiger partial charge in [-0.3, -0.25) is 4.79 Å². The zero-order valence-electron chi connectivity index (χ0n) is 11.4. The van der Waals surface area contributed by atoms with Crippen LogP contribution in [0.2, 0.25) is 5.02 Å². The molecule has 1 aliphatic heterocycles. The van der Waals surface area contributed by atoms with E-state index in [9.17, 15) is 9.59 Å². The van der Waals surface area contributed by atoms with Gasteiger partial charge in [0.2, 0.25) is 0 Å². The molecule has 1 aliphatic rings. The number of carbonyl (C=O) groups is 2. The van der Waals surface area contributed by atoms with Crippen molar-refractivity contribution in [3.63, 3.8) is 0 Å². The van der Waals surface area contributed by atoms with Gasteiger partial charge >= 0.3 is 12.0 Å². The molecule has 0 aromatic heterocycles. The molecule has 114 valence electrons. The minimum absolute atomic E-state index is 0.256. The van der Waals surface area contributed by atoms with Gasteiger partial charge in [-0.2, -0.15) is 0 Å². The van der Waals surface area contributed by atoms with E-state index in [1.807, 2.05) is 0 Å². The zero-order valence-corrected chi connectivity index (χ0v) is 12.2. The molecule has 2 rings (SSSR count). The van der Waals surface area contributed by atoms with Gasteiger partial charge in [0, 0.05) is 18.1 Å². The second-order valence-corrected chi connectivity index (χ2v) is 5.24. The predicted octanol–water partition coefficient (Wildman–Crippen LogP) is 1.83. The molecule has 1 aromatic carbocycles. The number of rotatable bonds is 5. The van der Waals surface area contributed by atoms with Crippen LogP contribution in [0.3, 0.4) is 0 Å². The van der Waals surface area contributed by atoms with Crippen LogP contribution in [0.4, 0.5) is 4.79 Å². The summed E-state index contributed by atoms with van der Waals surface area (Å²) < 4.78 is 5.45. The summed E-state index contributed by atoms with van der Waals surface area (Å²) in [5.41, 5.74) is 0. The van der Waals surface area contributed by atoms with E-state index in [1.165, 1.54) is 4.90 Å². The van der Waals surface area contributed by atoms with E-state index in [0.29, 0.717) is 36.9 Å². The third-order valence-electron chi connectivity index (χ3n) is 3.27. The average Bonchev–Trinajstić information content (AvgIpc) is 2.93. The number of amides is 2. The maximum Gasteiger partial charge on any atom is 0.317 e. The molecule has 6 nitrogen and oxygen atoms in total.